The zero-order valence-corrected chi connectivity index (χ0v) is 10.9. The summed E-state index contributed by atoms with van der Waals surface area (Å²) in [5.74, 6) is -0.271. The lowest BCUT2D eigenvalue weighted by atomic mass is 9.31. The van der Waals surface area contributed by atoms with Crippen LogP contribution in [0.15, 0.2) is 24.3 Å². The minimum Gasteiger partial charge on any atom is -0.468 e. The van der Waals surface area contributed by atoms with Crippen LogP contribution < -0.4 is 5.73 Å². The van der Waals surface area contributed by atoms with Gasteiger partial charge < -0.3 is 10.5 Å². The summed E-state index contributed by atoms with van der Waals surface area (Å²) >= 11 is 0. The zero-order chi connectivity index (χ0) is 13.0. The lowest BCUT2D eigenvalue weighted by Gasteiger charge is -2.72. The smallest absolute Gasteiger partial charge is 0.323 e. The van der Waals surface area contributed by atoms with Gasteiger partial charge in [-0.1, -0.05) is 29.8 Å². The quantitative estimate of drug-likeness (QED) is 0.828. The number of aryl methyl sites for hydroxylation is 1. The van der Waals surface area contributed by atoms with Crippen molar-refractivity contribution in [3.8, 4) is 0 Å². The normalized spacial score (nSPS) is 34.2. The second-order valence-electron chi connectivity index (χ2n) is 6.04. The van der Waals surface area contributed by atoms with E-state index < -0.39 is 6.04 Å². The van der Waals surface area contributed by atoms with E-state index in [0.717, 1.165) is 19.3 Å². The molecular formula is C15H19NO2. The third-order valence-corrected chi connectivity index (χ3v) is 4.85. The molecule has 3 aliphatic carbocycles. The van der Waals surface area contributed by atoms with E-state index in [2.05, 4.69) is 31.2 Å². The van der Waals surface area contributed by atoms with Crippen LogP contribution in [0, 0.1) is 12.3 Å². The van der Waals surface area contributed by atoms with Crippen LogP contribution >= 0.6 is 0 Å². The van der Waals surface area contributed by atoms with Crippen LogP contribution in [0.3, 0.4) is 0 Å². The average molecular weight is 245 g/mol. The third-order valence-electron chi connectivity index (χ3n) is 4.85. The van der Waals surface area contributed by atoms with Crippen molar-refractivity contribution < 1.29 is 9.53 Å². The monoisotopic (exact) mass is 245 g/mol. The molecule has 2 N–H and O–H groups in total. The Balaban J connectivity index is 1.73. The molecular weight excluding hydrogens is 226 g/mol. The Morgan fingerprint density at radius 2 is 1.83 bits per heavy atom. The van der Waals surface area contributed by atoms with Gasteiger partial charge in [-0.15, -0.1) is 0 Å². The maximum absolute atomic E-state index is 11.5. The minimum atomic E-state index is -0.449. The van der Waals surface area contributed by atoms with Crippen LogP contribution in [0.1, 0.15) is 30.4 Å². The van der Waals surface area contributed by atoms with Crippen molar-refractivity contribution >= 4 is 5.97 Å². The highest BCUT2D eigenvalue weighted by Gasteiger charge is 2.71. The van der Waals surface area contributed by atoms with Gasteiger partial charge in [0.15, 0.2) is 0 Å². The molecule has 3 saturated carbocycles. The summed E-state index contributed by atoms with van der Waals surface area (Å²) in [7, 11) is 1.41. The van der Waals surface area contributed by atoms with Crippen LogP contribution in [-0.4, -0.2) is 19.1 Å². The Hall–Kier alpha value is -1.35. The minimum absolute atomic E-state index is 0.0119. The first-order valence-corrected chi connectivity index (χ1v) is 6.42. The van der Waals surface area contributed by atoms with E-state index in [-0.39, 0.29) is 11.4 Å². The van der Waals surface area contributed by atoms with E-state index in [4.69, 9.17) is 10.5 Å². The lowest BCUT2D eigenvalue weighted by molar-refractivity contribution is -0.181. The number of carbonyl (C=O) groups is 1. The Kier molecular flexibility index (Phi) is 2.33. The number of hydrogen-bond acceptors (Lipinski definition) is 3. The third kappa shape index (κ3) is 1.37. The summed E-state index contributed by atoms with van der Waals surface area (Å²) in [6.07, 6.45) is 3.08. The molecule has 0 aromatic heterocycles. The summed E-state index contributed by atoms with van der Waals surface area (Å²) in [6, 6.07) is 8.28. The molecule has 3 fully saturated rings. The molecule has 96 valence electrons. The largest absolute Gasteiger partial charge is 0.468 e. The predicted molar refractivity (Wildman–Crippen MR) is 69.1 cm³/mol. The number of hydrogen-bond donors (Lipinski definition) is 1. The first-order valence-electron chi connectivity index (χ1n) is 6.42. The van der Waals surface area contributed by atoms with Crippen molar-refractivity contribution in [3.63, 3.8) is 0 Å². The van der Waals surface area contributed by atoms with Gasteiger partial charge in [0.05, 0.1) is 7.11 Å². The van der Waals surface area contributed by atoms with Gasteiger partial charge in [0.1, 0.15) is 6.04 Å². The Bertz CT molecular complexity index is 472. The Morgan fingerprint density at radius 1 is 1.28 bits per heavy atom. The number of benzene rings is 1. The van der Waals surface area contributed by atoms with Crippen LogP contribution in [0.2, 0.25) is 0 Å². The fraction of sp³-hybridized carbons (Fsp3) is 0.533. The predicted octanol–water partition coefficient (Wildman–Crippen LogP) is 1.92. The first-order chi connectivity index (χ1) is 8.51. The van der Waals surface area contributed by atoms with Gasteiger partial charge in [-0.05, 0) is 42.6 Å². The maximum atomic E-state index is 11.5. The summed E-state index contributed by atoms with van der Waals surface area (Å²) in [5.41, 5.74) is 8.97. The molecule has 0 radical (unpaired) electrons. The fourth-order valence-electron chi connectivity index (χ4n) is 3.79. The molecule has 3 heteroatoms. The topological polar surface area (TPSA) is 52.3 Å². The number of carbonyl (C=O) groups excluding carboxylic acids is 1. The van der Waals surface area contributed by atoms with Crippen LogP contribution in [0.4, 0.5) is 0 Å². The number of rotatable bonds is 3. The molecule has 0 aliphatic heterocycles. The van der Waals surface area contributed by atoms with Crippen molar-refractivity contribution in [2.24, 2.45) is 11.1 Å². The first kappa shape index (κ1) is 11.7. The van der Waals surface area contributed by atoms with Gasteiger partial charge in [-0.3, -0.25) is 4.79 Å². The van der Waals surface area contributed by atoms with E-state index >= 15 is 0 Å². The molecule has 1 aromatic rings. The summed E-state index contributed by atoms with van der Waals surface area (Å²) < 4.78 is 4.75. The Morgan fingerprint density at radius 3 is 2.33 bits per heavy atom. The van der Waals surface area contributed by atoms with Gasteiger partial charge in [-0.25, -0.2) is 0 Å². The van der Waals surface area contributed by atoms with E-state index in [1.807, 2.05) is 0 Å². The molecule has 3 aliphatic rings. The molecule has 3 nitrogen and oxygen atoms in total. The highest BCUT2D eigenvalue weighted by Crippen LogP contribution is 2.74. The number of ether oxygens (including phenoxy) is 1. The van der Waals surface area contributed by atoms with Gasteiger partial charge >= 0.3 is 5.97 Å². The van der Waals surface area contributed by atoms with Crippen molar-refractivity contribution in [2.75, 3.05) is 7.11 Å². The fourth-order valence-corrected chi connectivity index (χ4v) is 3.79. The maximum Gasteiger partial charge on any atom is 0.323 e. The highest BCUT2D eigenvalue weighted by molar-refractivity contribution is 5.77. The number of methoxy groups -OCH3 is 1. The van der Waals surface area contributed by atoms with Crippen LogP contribution in [0.5, 0.6) is 0 Å². The van der Waals surface area contributed by atoms with Crippen molar-refractivity contribution in [1.29, 1.82) is 0 Å². The van der Waals surface area contributed by atoms with E-state index in [1.54, 1.807) is 0 Å². The van der Waals surface area contributed by atoms with Crippen molar-refractivity contribution in [1.82, 2.24) is 0 Å². The summed E-state index contributed by atoms with van der Waals surface area (Å²) in [4.78, 5) is 11.5. The molecule has 0 heterocycles. The molecule has 1 unspecified atom stereocenters. The summed E-state index contributed by atoms with van der Waals surface area (Å²) in [6.45, 7) is 2.10. The number of nitrogens with two attached hydrogens (primary N) is 1. The summed E-state index contributed by atoms with van der Waals surface area (Å²) in [5, 5.41) is 0. The SMILES string of the molecule is COC(=O)C(N)C12CC(c3ccc(C)cc3)(C1)C2. The van der Waals surface area contributed by atoms with Crippen molar-refractivity contribution in [3.05, 3.63) is 35.4 Å². The number of esters is 1. The van der Waals surface area contributed by atoms with Crippen molar-refractivity contribution in [2.45, 2.75) is 37.6 Å². The lowest BCUT2D eigenvalue weighted by Crippen LogP contribution is -2.72. The Labute approximate surface area is 107 Å². The van der Waals surface area contributed by atoms with Crippen LogP contribution in [-0.2, 0) is 14.9 Å². The standard InChI is InChI=1S/C15H19NO2/c1-10-3-5-11(6-4-10)14-7-15(8-14,9-14)12(16)13(17)18-2/h3-6,12H,7-9,16H2,1-2H3. The van der Waals surface area contributed by atoms with E-state index in [0.29, 0.717) is 5.41 Å². The molecule has 1 aromatic carbocycles. The molecule has 18 heavy (non-hydrogen) atoms. The van der Waals surface area contributed by atoms with Crippen LogP contribution in [0.25, 0.3) is 0 Å². The van der Waals surface area contributed by atoms with E-state index in [1.165, 1.54) is 18.2 Å². The second-order valence-corrected chi connectivity index (χ2v) is 6.04. The molecule has 1 atom stereocenters. The average Bonchev–Trinajstić information content (AvgIpc) is 2.27. The van der Waals surface area contributed by atoms with Gasteiger partial charge in [0.2, 0.25) is 0 Å². The highest BCUT2D eigenvalue weighted by atomic mass is 16.5. The molecule has 2 bridgehead atoms. The molecule has 0 spiro atoms. The van der Waals surface area contributed by atoms with Gasteiger partial charge in [0.25, 0.3) is 0 Å². The molecule has 0 saturated heterocycles. The molecule has 0 amide bonds. The van der Waals surface area contributed by atoms with Gasteiger partial charge in [0, 0.05) is 0 Å². The second kappa shape index (κ2) is 3.58. The van der Waals surface area contributed by atoms with Gasteiger partial charge in [-0.2, -0.15) is 0 Å². The van der Waals surface area contributed by atoms with E-state index in [9.17, 15) is 4.79 Å². The molecule has 4 rings (SSSR count). The zero-order valence-electron chi connectivity index (χ0n) is 10.9.